The van der Waals surface area contributed by atoms with Crippen LogP contribution in [0.5, 0.6) is 0 Å². The largest absolute Gasteiger partial charge is 0.458 e. The van der Waals surface area contributed by atoms with E-state index in [2.05, 4.69) is 0 Å². The lowest BCUT2D eigenvalue weighted by atomic mass is 9.80. The summed E-state index contributed by atoms with van der Waals surface area (Å²) in [5.74, 6) is -0.684. The molecule has 110 valence electrons. The third-order valence-electron chi connectivity index (χ3n) is 4.22. The zero-order valence-corrected chi connectivity index (χ0v) is 12.5. The molecular formula is C15H26O4. The fourth-order valence-electron chi connectivity index (χ4n) is 2.74. The first kappa shape index (κ1) is 16.2. The first-order valence-electron chi connectivity index (χ1n) is 7.05. The van der Waals surface area contributed by atoms with Crippen LogP contribution in [-0.4, -0.2) is 34.5 Å². The van der Waals surface area contributed by atoms with Gasteiger partial charge in [0.05, 0.1) is 12.2 Å². The number of aliphatic hydroxyl groups is 2. The third-order valence-corrected chi connectivity index (χ3v) is 4.22. The van der Waals surface area contributed by atoms with Crippen LogP contribution in [0.15, 0.2) is 11.6 Å². The van der Waals surface area contributed by atoms with Crippen LogP contribution in [0, 0.1) is 17.8 Å². The topological polar surface area (TPSA) is 66.8 Å². The van der Waals surface area contributed by atoms with Gasteiger partial charge in [-0.15, -0.1) is 0 Å². The number of hydrogen-bond acceptors (Lipinski definition) is 4. The Morgan fingerprint density at radius 1 is 1.37 bits per heavy atom. The van der Waals surface area contributed by atoms with Crippen LogP contribution >= 0.6 is 0 Å². The zero-order chi connectivity index (χ0) is 14.7. The number of esters is 1. The Kier molecular flexibility index (Phi) is 5.56. The van der Waals surface area contributed by atoms with Gasteiger partial charge in [0.2, 0.25) is 0 Å². The molecule has 0 radical (unpaired) electrons. The number of ether oxygens (including phenoxy) is 1. The van der Waals surface area contributed by atoms with Crippen LogP contribution in [-0.2, 0) is 9.53 Å². The van der Waals surface area contributed by atoms with Crippen molar-refractivity contribution in [3.8, 4) is 0 Å². The van der Waals surface area contributed by atoms with Gasteiger partial charge in [-0.05, 0) is 13.3 Å². The summed E-state index contributed by atoms with van der Waals surface area (Å²) in [5.41, 5.74) is 0.618. The van der Waals surface area contributed by atoms with Crippen molar-refractivity contribution in [2.45, 2.75) is 59.4 Å². The predicted molar refractivity (Wildman–Crippen MR) is 73.4 cm³/mol. The van der Waals surface area contributed by atoms with E-state index >= 15 is 0 Å². The van der Waals surface area contributed by atoms with E-state index in [9.17, 15) is 15.0 Å². The molecule has 0 saturated heterocycles. The molecule has 0 saturated carbocycles. The highest BCUT2D eigenvalue weighted by molar-refractivity contribution is 5.88. The summed E-state index contributed by atoms with van der Waals surface area (Å²) in [6.07, 6.45) is 0.925. The second kappa shape index (κ2) is 6.53. The van der Waals surface area contributed by atoms with E-state index in [1.54, 1.807) is 6.92 Å². The Bertz CT molecular complexity index is 350. The normalized spacial score (nSPS) is 30.1. The Morgan fingerprint density at radius 2 is 1.95 bits per heavy atom. The van der Waals surface area contributed by atoms with Crippen molar-refractivity contribution in [2.24, 2.45) is 17.8 Å². The van der Waals surface area contributed by atoms with Crippen LogP contribution in [0.1, 0.15) is 41.0 Å². The van der Waals surface area contributed by atoms with E-state index in [1.807, 2.05) is 33.8 Å². The van der Waals surface area contributed by atoms with Crippen LogP contribution in [0.25, 0.3) is 0 Å². The average Bonchev–Trinajstić information content (AvgIpc) is 2.39. The van der Waals surface area contributed by atoms with Crippen LogP contribution in [0.4, 0.5) is 0 Å². The summed E-state index contributed by atoms with van der Waals surface area (Å²) < 4.78 is 5.41. The molecule has 19 heavy (non-hydrogen) atoms. The Balaban J connectivity index is 2.77. The minimum atomic E-state index is -0.693. The van der Waals surface area contributed by atoms with E-state index in [-0.39, 0.29) is 29.8 Å². The molecule has 0 spiro atoms. The van der Waals surface area contributed by atoms with Crippen LogP contribution in [0.3, 0.4) is 0 Å². The van der Waals surface area contributed by atoms with Crippen molar-refractivity contribution in [3.05, 3.63) is 11.6 Å². The van der Waals surface area contributed by atoms with Gasteiger partial charge >= 0.3 is 5.97 Å². The summed E-state index contributed by atoms with van der Waals surface area (Å²) in [7, 11) is 0. The van der Waals surface area contributed by atoms with Gasteiger partial charge < -0.3 is 14.9 Å². The number of carbonyl (C=O) groups excluding carboxylic acids is 1. The van der Waals surface area contributed by atoms with E-state index in [0.717, 1.165) is 0 Å². The molecule has 0 fully saturated rings. The molecule has 2 N–H and O–H groups in total. The average molecular weight is 270 g/mol. The standard InChI is InChI=1S/C15H26O4/c1-6-12(16)10(4)13(17)11(5)14-8(2)7-9(3)15(18)19-14/h7-8,10-14,16-17H,6H2,1-5H3/t8-,10+,11-,12-,13+,14+/m1/s1. The smallest absolute Gasteiger partial charge is 0.333 e. The lowest BCUT2D eigenvalue weighted by Crippen LogP contribution is -2.44. The first-order valence-corrected chi connectivity index (χ1v) is 7.05. The summed E-state index contributed by atoms with van der Waals surface area (Å²) in [6.45, 7) is 9.29. The highest BCUT2D eigenvalue weighted by atomic mass is 16.5. The van der Waals surface area contributed by atoms with E-state index in [4.69, 9.17) is 4.74 Å². The van der Waals surface area contributed by atoms with Crippen LogP contribution < -0.4 is 0 Å². The Morgan fingerprint density at radius 3 is 2.47 bits per heavy atom. The zero-order valence-electron chi connectivity index (χ0n) is 12.5. The van der Waals surface area contributed by atoms with Gasteiger partial charge in [-0.3, -0.25) is 0 Å². The molecular weight excluding hydrogens is 244 g/mol. The van der Waals surface area contributed by atoms with Gasteiger partial charge in [0.25, 0.3) is 0 Å². The lowest BCUT2D eigenvalue weighted by Gasteiger charge is -2.36. The number of cyclic esters (lactones) is 1. The molecule has 0 amide bonds. The maximum absolute atomic E-state index is 11.6. The lowest BCUT2D eigenvalue weighted by molar-refractivity contribution is -0.155. The molecule has 4 nitrogen and oxygen atoms in total. The quantitative estimate of drug-likeness (QED) is 0.749. The van der Waals surface area contributed by atoms with Gasteiger partial charge in [-0.25, -0.2) is 4.79 Å². The highest BCUT2D eigenvalue weighted by Gasteiger charge is 2.37. The first-order chi connectivity index (χ1) is 8.79. The van der Waals surface area contributed by atoms with Crippen molar-refractivity contribution in [3.63, 3.8) is 0 Å². The molecule has 0 aromatic carbocycles. The van der Waals surface area contributed by atoms with Gasteiger partial charge in [0, 0.05) is 23.3 Å². The highest BCUT2D eigenvalue weighted by Crippen LogP contribution is 2.30. The summed E-state index contributed by atoms with van der Waals surface area (Å²) in [4.78, 5) is 11.6. The van der Waals surface area contributed by atoms with E-state index in [0.29, 0.717) is 12.0 Å². The fourth-order valence-corrected chi connectivity index (χ4v) is 2.74. The maximum Gasteiger partial charge on any atom is 0.333 e. The molecule has 1 heterocycles. The third kappa shape index (κ3) is 3.57. The maximum atomic E-state index is 11.6. The Labute approximate surface area is 115 Å². The van der Waals surface area contributed by atoms with Gasteiger partial charge in [0.15, 0.2) is 0 Å². The van der Waals surface area contributed by atoms with Gasteiger partial charge in [-0.1, -0.05) is 33.8 Å². The number of carbonyl (C=O) groups is 1. The minimum absolute atomic E-state index is 0.0771. The monoisotopic (exact) mass is 270 g/mol. The predicted octanol–water partition coefficient (Wildman–Crippen LogP) is 1.90. The van der Waals surface area contributed by atoms with E-state index in [1.165, 1.54) is 0 Å². The van der Waals surface area contributed by atoms with Crippen molar-refractivity contribution in [1.29, 1.82) is 0 Å². The van der Waals surface area contributed by atoms with Crippen molar-refractivity contribution < 1.29 is 19.7 Å². The molecule has 1 rings (SSSR count). The molecule has 0 unspecified atom stereocenters. The molecule has 0 aromatic rings. The van der Waals surface area contributed by atoms with Gasteiger partial charge in [0.1, 0.15) is 6.10 Å². The van der Waals surface area contributed by atoms with Crippen molar-refractivity contribution in [1.82, 2.24) is 0 Å². The summed E-state index contributed by atoms with van der Waals surface area (Å²) in [5, 5.41) is 20.2. The second-order valence-electron chi connectivity index (χ2n) is 5.76. The molecule has 1 aliphatic heterocycles. The summed E-state index contributed by atoms with van der Waals surface area (Å²) >= 11 is 0. The number of aliphatic hydroxyl groups excluding tert-OH is 2. The number of rotatable bonds is 5. The van der Waals surface area contributed by atoms with Crippen molar-refractivity contribution >= 4 is 5.97 Å². The SMILES string of the molecule is CC[C@@H](O)[C@H](C)[C@H](O)[C@@H](C)[C@H]1OC(=O)C(C)=C[C@H]1C. The summed E-state index contributed by atoms with van der Waals surface area (Å²) in [6, 6.07) is 0. The van der Waals surface area contributed by atoms with E-state index < -0.39 is 12.2 Å². The molecule has 6 atom stereocenters. The van der Waals surface area contributed by atoms with Gasteiger partial charge in [-0.2, -0.15) is 0 Å². The number of hydrogen-bond donors (Lipinski definition) is 2. The molecule has 0 aliphatic carbocycles. The molecule has 4 heteroatoms. The van der Waals surface area contributed by atoms with Crippen LogP contribution in [0.2, 0.25) is 0 Å². The second-order valence-corrected chi connectivity index (χ2v) is 5.76. The Hall–Kier alpha value is -0.870. The minimum Gasteiger partial charge on any atom is -0.458 e. The molecule has 0 aromatic heterocycles. The molecule has 1 aliphatic rings. The van der Waals surface area contributed by atoms with Crippen molar-refractivity contribution in [2.75, 3.05) is 0 Å². The molecule has 0 bridgehead atoms. The fraction of sp³-hybridized carbons (Fsp3) is 0.800.